The van der Waals surface area contributed by atoms with Crippen LogP contribution in [0.1, 0.15) is 6.42 Å². The Labute approximate surface area is 107 Å². The highest BCUT2D eigenvalue weighted by Gasteiger charge is 2.05. The molecule has 0 fully saturated rings. The fraction of sp³-hybridized carbons (Fsp3) is 0.462. The van der Waals surface area contributed by atoms with Crippen LogP contribution in [0.25, 0.3) is 0 Å². The van der Waals surface area contributed by atoms with Crippen LogP contribution in [0, 0.1) is 0 Å². The van der Waals surface area contributed by atoms with Crippen molar-refractivity contribution >= 4 is 5.91 Å². The number of carbonyl (C=O) groups is 1. The first-order valence-corrected chi connectivity index (χ1v) is 5.79. The molecule has 5 heteroatoms. The molecule has 0 unspecified atom stereocenters. The van der Waals surface area contributed by atoms with Crippen molar-refractivity contribution in [1.82, 2.24) is 5.32 Å². The van der Waals surface area contributed by atoms with E-state index in [1.165, 1.54) is 0 Å². The van der Waals surface area contributed by atoms with Gasteiger partial charge in [0, 0.05) is 20.3 Å². The van der Waals surface area contributed by atoms with Crippen LogP contribution in [0.2, 0.25) is 0 Å². The summed E-state index contributed by atoms with van der Waals surface area (Å²) in [7, 11) is 3.19. The molecular weight excluding hydrogens is 234 g/mol. The first-order chi connectivity index (χ1) is 8.77. The van der Waals surface area contributed by atoms with Gasteiger partial charge in [0.1, 0.15) is 0 Å². The largest absolute Gasteiger partial charge is 0.493 e. The van der Waals surface area contributed by atoms with Crippen LogP contribution in [0.4, 0.5) is 0 Å². The van der Waals surface area contributed by atoms with E-state index in [9.17, 15) is 4.79 Å². The van der Waals surface area contributed by atoms with Crippen LogP contribution < -0.4 is 14.8 Å². The molecule has 0 radical (unpaired) electrons. The van der Waals surface area contributed by atoms with E-state index in [-0.39, 0.29) is 12.5 Å². The summed E-state index contributed by atoms with van der Waals surface area (Å²) in [4.78, 5) is 11.5. The van der Waals surface area contributed by atoms with Crippen LogP contribution >= 0.6 is 0 Å². The molecule has 0 aliphatic heterocycles. The van der Waals surface area contributed by atoms with Gasteiger partial charge in [-0.15, -0.1) is 0 Å². The third kappa shape index (κ3) is 5.05. The second-order valence-corrected chi connectivity index (χ2v) is 3.64. The maximum Gasteiger partial charge on any atom is 0.257 e. The predicted molar refractivity (Wildman–Crippen MR) is 68.0 cm³/mol. The zero-order valence-corrected chi connectivity index (χ0v) is 10.8. The first-order valence-electron chi connectivity index (χ1n) is 5.79. The highest BCUT2D eigenvalue weighted by molar-refractivity contribution is 5.77. The molecule has 1 aromatic carbocycles. The van der Waals surface area contributed by atoms with Crippen molar-refractivity contribution < 1.29 is 19.0 Å². The Hall–Kier alpha value is -1.75. The highest BCUT2D eigenvalue weighted by Crippen LogP contribution is 2.25. The molecule has 0 bridgehead atoms. The Morgan fingerprint density at radius 2 is 1.94 bits per heavy atom. The summed E-state index contributed by atoms with van der Waals surface area (Å²) in [5.74, 6) is 1.02. The fourth-order valence-corrected chi connectivity index (χ4v) is 1.38. The molecule has 1 aromatic rings. The molecule has 0 aromatic heterocycles. The summed E-state index contributed by atoms with van der Waals surface area (Å²) >= 11 is 0. The monoisotopic (exact) mass is 253 g/mol. The van der Waals surface area contributed by atoms with E-state index in [0.29, 0.717) is 24.7 Å². The Kier molecular flexibility index (Phi) is 6.64. The maximum absolute atomic E-state index is 11.5. The van der Waals surface area contributed by atoms with Gasteiger partial charge in [-0.2, -0.15) is 0 Å². The number of rotatable bonds is 8. The molecule has 18 heavy (non-hydrogen) atoms. The molecule has 0 saturated carbocycles. The van der Waals surface area contributed by atoms with Crippen molar-refractivity contribution in [2.75, 3.05) is 34.0 Å². The lowest BCUT2D eigenvalue weighted by atomic mass is 10.3. The second kappa shape index (κ2) is 8.36. The topological polar surface area (TPSA) is 56.8 Å². The minimum absolute atomic E-state index is 0.0205. The van der Waals surface area contributed by atoms with E-state index < -0.39 is 0 Å². The minimum Gasteiger partial charge on any atom is -0.493 e. The average molecular weight is 253 g/mol. The van der Waals surface area contributed by atoms with E-state index >= 15 is 0 Å². The molecule has 0 saturated heterocycles. The lowest BCUT2D eigenvalue weighted by Crippen LogP contribution is -2.30. The average Bonchev–Trinajstić information content (AvgIpc) is 2.41. The number of methoxy groups -OCH3 is 2. The number of nitrogens with one attached hydrogen (secondary N) is 1. The molecule has 0 heterocycles. The Morgan fingerprint density at radius 3 is 2.61 bits per heavy atom. The van der Waals surface area contributed by atoms with Crippen LogP contribution in [0.15, 0.2) is 24.3 Å². The zero-order valence-electron chi connectivity index (χ0n) is 10.8. The summed E-state index contributed by atoms with van der Waals surface area (Å²) in [6.07, 6.45) is 0.789. The van der Waals surface area contributed by atoms with Gasteiger partial charge in [0.2, 0.25) is 0 Å². The molecular formula is C13H19NO4. The summed E-state index contributed by atoms with van der Waals surface area (Å²) in [5, 5.41) is 2.74. The summed E-state index contributed by atoms with van der Waals surface area (Å²) in [6, 6.07) is 7.22. The van der Waals surface area contributed by atoms with Gasteiger partial charge in [-0.05, 0) is 18.6 Å². The van der Waals surface area contributed by atoms with Crippen molar-refractivity contribution in [2.45, 2.75) is 6.42 Å². The molecule has 0 atom stereocenters. The maximum atomic E-state index is 11.5. The fourth-order valence-electron chi connectivity index (χ4n) is 1.38. The summed E-state index contributed by atoms with van der Waals surface area (Å²) in [5.41, 5.74) is 0. The van der Waals surface area contributed by atoms with E-state index in [1.54, 1.807) is 26.4 Å². The van der Waals surface area contributed by atoms with E-state index in [0.717, 1.165) is 6.42 Å². The lowest BCUT2D eigenvalue weighted by Gasteiger charge is -2.10. The van der Waals surface area contributed by atoms with Crippen molar-refractivity contribution in [2.24, 2.45) is 0 Å². The van der Waals surface area contributed by atoms with Gasteiger partial charge in [0.05, 0.1) is 7.11 Å². The van der Waals surface area contributed by atoms with Crippen molar-refractivity contribution in [1.29, 1.82) is 0 Å². The van der Waals surface area contributed by atoms with Crippen LogP contribution in [-0.2, 0) is 9.53 Å². The van der Waals surface area contributed by atoms with E-state index in [1.807, 2.05) is 12.1 Å². The standard InChI is InChI=1S/C13H19NO4/c1-16-9-5-8-14-13(15)10-18-12-7-4-3-6-11(12)17-2/h3-4,6-7H,5,8-10H2,1-2H3,(H,14,15). The van der Waals surface area contributed by atoms with E-state index in [2.05, 4.69) is 5.32 Å². The number of hydrogen-bond acceptors (Lipinski definition) is 4. The molecule has 1 rings (SSSR count). The normalized spacial score (nSPS) is 9.89. The number of hydrogen-bond donors (Lipinski definition) is 1. The second-order valence-electron chi connectivity index (χ2n) is 3.64. The Morgan fingerprint density at radius 1 is 1.22 bits per heavy atom. The number of ether oxygens (including phenoxy) is 3. The smallest absolute Gasteiger partial charge is 0.257 e. The first kappa shape index (κ1) is 14.3. The van der Waals surface area contributed by atoms with Crippen molar-refractivity contribution in [3.63, 3.8) is 0 Å². The SMILES string of the molecule is COCCCNC(=O)COc1ccccc1OC. The van der Waals surface area contributed by atoms with Gasteiger partial charge >= 0.3 is 0 Å². The molecule has 0 aliphatic carbocycles. The van der Waals surface area contributed by atoms with Gasteiger partial charge in [-0.25, -0.2) is 0 Å². The van der Waals surface area contributed by atoms with Gasteiger partial charge in [-0.1, -0.05) is 12.1 Å². The van der Waals surface area contributed by atoms with Gasteiger partial charge < -0.3 is 19.5 Å². The van der Waals surface area contributed by atoms with Gasteiger partial charge in [0.25, 0.3) is 5.91 Å². The van der Waals surface area contributed by atoms with Crippen LogP contribution in [0.3, 0.4) is 0 Å². The summed E-state index contributed by atoms with van der Waals surface area (Å²) in [6.45, 7) is 1.20. The molecule has 100 valence electrons. The third-order valence-corrected chi connectivity index (χ3v) is 2.28. The Bertz CT molecular complexity index is 368. The number of benzene rings is 1. The predicted octanol–water partition coefficient (Wildman–Crippen LogP) is 1.23. The summed E-state index contributed by atoms with van der Waals surface area (Å²) < 4.78 is 15.4. The number of amides is 1. The lowest BCUT2D eigenvalue weighted by molar-refractivity contribution is -0.123. The van der Waals surface area contributed by atoms with E-state index in [4.69, 9.17) is 14.2 Å². The third-order valence-electron chi connectivity index (χ3n) is 2.28. The minimum atomic E-state index is -0.156. The number of carbonyl (C=O) groups excluding carboxylic acids is 1. The van der Waals surface area contributed by atoms with Crippen LogP contribution in [0.5, 0.6) is 11.5 Å². The van der Waals surface area contributed by atoms with Crippen molar-refractivity contribution in [3.05, 3.63) is 24.3 Å². The van der Waals surface area contributed by atoms with Crippen LogP contribution in [-0.4, -0.2) is 39.9 Å². The van der Waals surface area contributed by atoms with Gasteiger partial charge in [0.15, 0.2) is 18.1 Å². The molecule has 1 N–H and O–H groups in total. The molecule has 0 spiro atoms. The number of para-hydroxylation sites is 2. The molecule has 5 nitrogen and oxygen atoms in total. The van der Waals surface area contributed by atoms with Crippen molar-refractivity contribution in [3.8, 4) is 11.5 Å². The molecule has 1 amide bonds. The quantitative estimate of drug-likeness (QED) is 0.708. The zero-order chi connectivity index (χ0) is 13.2. The van der Waals surface area contributed by atoms with Gasteiger partial charge in [-0.3, -0.25) is 4.79 Å². The Balaban J connectivity index is 2.29. The highest BCUT2D eigenvalue weighted by atomic mass is 16.5. The molecule has 0 aliphatic rings.